The molecular weight excluding hydrogens is 492 g/mol. The van der Waals surface area contributed by atoms with E-state index in [4.69, 9.17) is 16.3 Å². The van der Waals surface area contributed by atoms with Crippen LogP contribution < -0.4 is 9.62 Å². The molecule has 186 valence electrons. The smallest absolute Gasteiger partial charge is 0.340 e. The molecule has 2 heterocycles. The fraction of sp³-hybridized carbons (Fsp3) is 0.417. The van der Waals surface area contributed by atoms with Gasteiger partial charge < -0.3 is 9.64 Å². The number of nitriles is 1. The van der Waals surface area contributed by atoms with Crippen molar-refractivity contribution in [3.8, 4) is 6.07 Å². The van der Waals surface area contributed by atoms with E-state index >= 15 is 0 Å². The number of hydrogen-bond donors (Lipinski definition) is 1. The van der Waals surface area contributed by atoms with Gasteiger partial charge in [-0.2, -0.15) is 5.26 Å². The molecule has 1 saturated heterocycles. The van der Waals surface area contributed by atoms with Gasteiger partial charge in [-0.05, 0) is 57.4 Å². The van der Waals surface area contributed by atoms with E-state index in [1.54, 1.807) is 45.0 Å². The lowest BCUT2D eigenvalue weighted by Crippen LogP contribution is -2.43. The number of aryl methyl sites for hydroxylation is 1. The number of nitrogens with one attached hydrogen (secondary N) is 1. The number of sulfonamides is 1. The highest BCUT2D eigenvalue weighted by molar-refractivity contribution is 7.89. The van der Waals surface area contributed by atoms with E-state index in [2.05, 4.69) is 15.8 Å². The maximum absolute atomic E-state index is 12.6. The molecule has 11 heteroatoms. The zero-order valence-corrected chi connectivity index (χ0v) is 21.3. The summed E-state index contributed by atoms with van der Waals surface area (Å²) in [5.74, 6) is -1.47. The summed E-state index contributed by atoms with van der Waals surface area (Å²) in [5.41, 5.74) is 1.44. The van der Waals surface area contributed by atoms with Crippen molar-refractivity contribution in [2.45, 2.75) is 45.5 Å². The highest BCUT2D eigenvalue weighted by Crippen LogP contribution is 2.27. The lowest BCUT2D eigenvalue weighted by Gasteiger charge is -2.32. The molecule has 0 radical (unpaired) electrons. The number of piperidine rings is 1. The molecule has 1 aliphatic heterocycles. The lowest BCUT2D eigenvalue weighted by molar-refractivity contribution is -0.123. The van der Waals surface area contributed by atoms with Crippen LogP contribution in [0, 0.1) is 24.2 Å². The number of carbonyl (C=O) groups excluding carboxylic acids is 2. The summed E-state index contributed by atoms with van der Waals surface area (Å²) in [4.78, 5) is 31.3. The lowest BCUT2D eigenvalue weighted by atomic mass is 9.96. The summed E-state index contributed by atoms with van der Waals surface area (Å²) >= 11 is 5.83. The van der Waals surface area contributed by atoms with Gasteiger partial charge in [0, 0.05) is 24.0 Å². The van der Waals surface area contributed by atoms with E-state index in [0.717, 1.165) is 0 Å². The minimum absolute atomic E-state index is 0.235. The first-order chi connectivity index (χ1) is 16.5. The number of hydrogen-bond acceptors (Lipinski definition) is 8. The third kappa shape index (κ3) is 6.93. The van der Waals surface area contributed by atoms with Gasteiger partial charge in [0.05, 0.1) is 28.7 Å². The standard InChI is InChI=1S/C24H27ClN4O5S/c1-15(2)34-24(31)21-12-19(13-26)22(27-16(21)3)29-10-8-18(9-11-29)23(30)28-35(32,33)14-17-4-6-20(25)7-5-17/h4-7,12,15,18H,8-11,14H2,1-3H3,(H,28,30). The highest BCUT2D eigenvalue weighted by atomic mass is 35.5. The summed E-state index contributed by atoms with van der Waals surface area (Å²) < 4.78 is 32.3. The normalized spacial score (nSPS) is 14.5. The Morgan fingerprint density at radius 2 is 1.89 bits per heavy atom. The Bertz CT molecular complexity index is 1250. The molecule has 1 aliphatic rings. The van der Waals surface area contributed by atoms with E-state index < -0.39 is 27.8 Å². The molecule has 1 aromatic heterocycles. The number of pyridine rings is 1. The molecule has 1 fully saturated rings. The molecular formula is C24H27ClN4O5S. The van der Waals surface area contributed by atoms with Gasteiger partial charge in [0.2, 0.25) is 15.9 Å². The molecule has 0 spiro atoms. The van der Waals surface area contributed by atoms with Crippen molar-refractivity contribution in [3.05, 3.63) is 57.7 Å². The summed E-state index contributed by atoms with van der Waals surface area (Å²) in [5, 5.41) is 10.1. The summed E-state index contributed by atoms with van der Waals surface area (Å²) in [7, 11) is -3.86. The fourth-order valence-electron chi connectivity index (χ4n) is 3.83. The second kappa shape index (κ2) is 11.1. The van der Waals surface area contributed by atoms with Gasteiger partial charge in [-0.1, -0.05) is 23.7 Å². The van der Waals surface area contributed by atoms with Gasteiger partial charge in [0.25, 0.3) is 0 Å². The minimum atomic E-state index is -3.86. The van der Waals surface area contributed by atoms with Gasteiger partial charge in [-0.25, -0.2) is 18.2 Å². The molecule has 3 rings (SSSR count). The maximum Gasteiger partial charge on any atom is 0.340 e. The first-order valence-corrected chi connectivity index (χ1v) is 13.2. The van der Waals surface area contributed by atoms with Crippen LogP contribution in [0.3, 0.4) is 0 Å². The molecule has 9 nitrogen and oxygen atoms in total. The number of nitrogens with zero attached hydrogens (tertiary/aromatic N) is 3. The van der Waals surface area contributed by atoms with E-state index in [1.165, 1.54) is 6.07 Å². The Morgan fingerprint density at radius 1 is 1.26 bits per heavy atom. The predicted octanol–water partition coefficient (Wildman–Crippen LogP) is 3.34. The van der Waals surface area contributed by atoms with E-state index in [9.17, 15) is 23.3 Å². The average Bonchev–Trinajstić information content (AvgIpc) is 2.79. The van der Waals surface area contributed by atoms with Crippen LogP contribution >= 0.6 is 11.6 Å². The monoisotopic (exact) mass is 518 g/mol. The molecule has 1 N–H and O–H groups in total. The van der Waals surface area contributed by atoms with Crippen LogP contribution in [0.25, 0.3) is 0 Å². The minimum Gasteiger partial charge on any atom is -0.459 e. The molecule has 0 bridgehead atoms. The first-order valence-electron chi connectivity index (χ1n) is 11.2. The molecule has 0 aliphatic carbocycles. The Morgan fingerprint density at radius 3 is 2.46 bits per heavy atom. The van der Waals surface area contributed by atoms with E-state index in [0.29, 0.717) is 48.0 Å². The van der Waals surface area contributed by atoms with Crippen molar-refractivity contribution in [1.82, 2.24) is 9.71 Å². The van der Waals surface area contributed by atoms with Crippen molar-refractivity contribution in [2.75, 3.05) is 18.0 Å². The van der Waals surface area contributed by atoms with E-state index in [-0.39, 0.29) is 23.0 Å². The van der Waals surface area contributed by atoms with Crippen molar-refractivity contribution >= 4 is 39.3 Å². The number of ether oxygens (including phenoxy) is 1. The third-order valence-corrected chi connectivity index (χ3v) is 7.04. The number of carbonyl (C=O) groups is 2. The van der Waals surface area contributed by atoms with E-state index in [1.807, 2.05) is 4.90 Å². The Balaban J connectivity index is 1.64. The van der Waals surface area contributed by atoms with Gasteiger partial charge in [0.1, 0.15) is 11.9 Å². The zero-order chi connectivity index (χ0) is 25.8. The van der Waals surface area contributed by atoms with Crippen LogP contribution in [-0.4, -0.2) is 44.5 Å². The Kier molecular flexibility index (Phi) is 8.35. The summed E-state index contributed by atoms with van der Waals surface area (Å²) in [6.45, 7) is 5.97. The second-order valence-corrected chi connectivity index (χ2v) is 10.8. The van der Waals surface area contributed by atoms with Gasteiger partial charge in [-0.15, -0.1) is 0 Å². The Hall–Kier alpha value is -3.16. The van der Waals surface area contributed by atoms with Crippen LogP contribution in [0.4, 0.5) is 5.82 Å². The SMILES string of the molecule is Cc1nc(N2CCC(C(=O)NS(=O)(=O)Cc3ccc(Cl)cc3)CC2)c(C#N)cc1C(=O)OC(C)C. The number of aromatic nitrogens is 1. The number of esters is 1. The largest absolute Gasteiger partial charge is 0.459 e. The topological polar surface area (TPSA) is 129 Å². The number of anilines is 1. The van der Waals surface area contributed by atoms with Crippen LogP contribution in [0.2, 0.25) is 5.02 Å². The fourth-order valence-corrected chi connectivity index (χ4v) is 5.13. The summed E-state index contributed by atoms with van der Waals surface area (Å²) in [6, 6.07) is 9.94. The maximum atomic E-state index is 12.6. The molecule has 2 aromatic rings. The molecule has 1 aromatic carbocycles. The van der Waals surface area contributed by atoms with Crippen LogP contribution in [0.5, 0.6) is 0 Å². The van der Waals surface area contributed by atoms with Crippen LogP contribution in [0.1, 0.15) is 53.9 Å². The third-order valence-electron chi connectivity index (χ3n) is 5.57. The van der Waals surface area contributed by atoms with Gasteiger partial charge >= 0.3 is 5.97 Å². The molecule has 0 atom stereocenters. The Labute approximate surface area is 210 Å². The second-order valence-electron chi connectivity index (χ2n) is 8.67. The molecule has 0 saturated carbocycles. The number of benzene rings is 1. The van der Waals surface area contributed by atoms with Crippen LogP contribution in [0.15, 0.2) is 30.3 Å². The zero-order valence-electron chi connectivity index (χ0n) is 19.7. The first kappa shape index (κ1) is 26.4. The molecule has 35 heavy (non-hydrogen) atoms. The van der Waals surface area contributed by atoms with Gasteiger partial charge in [0.15, 0.2) is 0 Å². The quantitative estimate of drug-likeness (QED) is 0.552. The predicted molar refractivity (Wildman–Crippen MR) is 131 cm³/mol. The van der Waals surface area contributed by atoms with Crippen LogP contribution in [-0.2, 0) is 25.3 Å². The average molecular weight is 519 g/mol. The van der Waals surface area contributed by atoms with Gasteiger partial charge in [-0.3, -0.25) is 9.52 Å². The van der Waals surface area contributed by atoms with Crippen molar-refractivity contribution in [2.24, 2.45) is 5.92 Å². The highest BCUT2D eigenvalue weighted by Gasteiger charge is 2.30. The number of amides is 1. The summed E-state index contributed by atoms with van der Waals surface area (Å²) in [6.07, 6.45) is 0.489. The number of rotatable bonds is 7. The van der Waals surface area contributed by atoms with Crippen molar-refractivity contribution in [1.29, 1.82) is 5.26 Å². The van der Waals surface area contributed by atoms with Crippen molar-refractivity contribution in [3.63, 3.8) is 0 Å². The number of halogens is 1. The molecule has 1 amide bonds. The molecule has 0 unspecified atom stereocenters. The van der Waals surface area contributed by atoms with Crippen molar-refractivity contribution < 1.29 is 22.7 Å².